The standard InChI is InChI=1S/C15H23ClN2O2/c1-10-8-13(20-5)12(16)9-11(10)6-7-17-14(19)18-15(2,3)4/h8-9H,6-7H2,1-5H3,(H2,17,18,19). The number of carbonyl (C=O) groups is 1. The molecule has 0 saturated carbocycles. The first-order chi connectivity index (χ1) is 9.23. The molecule has 20 heavy (non-hydrogen) atoms. The van der Waals surface area contributed by atoms with E-state index in [0.29, 0.717) is 17.3 Å². The van der Waals surface area contributed by atoms with Gasteiger partial charge in [0.25, 0.3) is 0 Å². The van der Waals surface area contributed by atoms with Crippen molar-refractivity contribution in [1.82, 2.24) is 10.6 Å². The summed E-state index contributed by atoms with van der Waals surface area (Å²) in [6.07, 6.45) is 0.729. The zero-order chi connectivity index (χ0) is 15.3. The van der Waals surface area contributed by atoms with Crippen molar-refractivity contribution in [1.29, 1.82) is 0 Å². The lowest BCUT2D eigenvalue weighted by Crippen LogP contribution is -2.46. The number of methoxy groups -OCH3 is 1. The number of aryl methyl sites for hydroxylation is 1. The predicted molar refractivity (Wildman–Crippen MR) is 82.7 cm³/mol. The van der Waals surface area contributed by atoms with E-state index in [-0.39, 0.29) is 11.6 Å². The molecule has 0 aliphatic rings. The SMILES string of the molecule is COc1cc(C)c(CCNC(=O)NC(C)(C)C)cc1Cl. The van der Waals surface area contributed by atoms with E-state index in [1.807, 2.05) is 39.8 Å². The molecule has 0 aliphatic heterocycles. The molecule has 0 spiro atoms. The van der Waals surface area contributed by atoms with Gasteiger partial charge < -0.3 is 15.4 Å². The van der Waals surface area contributed by atoms with E-state index in [9.17, 15) is 4.79 Å². The van der Waals surface area contributed by atoms with Crippen molar-refractivity contribution in [2.45, 2.75) is 39.7 Å². The number of hydrogen-bond donors (Lipinski definition) is 2. The fourth-order valence-corrected chi connectivity index (χ4v) is 2.08. The molecule has 1 aromatic carbocycles. The van der Waals surface area contributed by atoms with Crippen LogP contribution in [-0.4, -0.2) is 25.2 Å². The van der Waals surface area contributed by atoms with Gasteiger partial charge >= 0.3 is 6.03 Å². The molecule has 0 aromatic heterocycles. The fraction of sp³-hybridized carbons (Fsp3) is 0.533. The number of halogens is 1. The lowest BCUT2D eigenvalue weighted by Gasteiger charge is -2.20. The molecule has 4 nitrogen and oxygen atoms in total. The molecule has 0 saturated heterocycles. The Labute approximate surface area is 125 Å². The summed E-state index contributed by atoms with van der Waals surface area (Å²) in [7, 11) is 1.60. The maximum Gasteiger partial charge on any atom is 0.315 e. The molecule has 0 aliphatic carbocycles. The molecule has 1 aromatic rings. The molecule has 0 fully saturated rings. The molecule has 1 rings (SSSR count). The first-order valence-electron chi connectivity index (χ1n) is 6.62. The fourth-order valence-electron chi connectivity index (χ4n) is 1.82. The Hall–Kier alpha value is -1.42. The first-order valence-corrected chi connectivity index (χ1v) is 7.00. The van der Waals surface area contributed by atoms with Crippen molar-refractivity contribution in [3.63, 3.8) is 0 Å². The van der Waals surface area contributed by atoms with E-state index < -0.39 is 0 Å². The number of hydrogen-bond acceptors (Lipinski definition) is 2. The Morgan fingerprint density at radius 3 is 2.55 bits per heavy atom. The molecule has 0 radical (unpaired) electrons. The summed E-state index contributed by atoms with van der Waals surface area (Å²) in [6.45, 7) is 8.40. The summed E-state index contributed by atoms with van der Waals surface area (Å²) in [5.74, 6) is 0.673. The maximum absolute atomic E-state index is 11.6. The van der Waals surface area contributed by atoms with Crippen molar-refractivity contribution in [3.8, 4) is 5.75 Å². The van der Waals surface area contributed by atoms with Crippen molar-refractivity contribution >= 4 is 17.6 Å². The highest BCUT2D eigenvalue weighted by Gasteiger charge is 2.13. The minimum Gasteiger partial charge on any atom is -0.495 e. The summed E-state index contributed by atoms with van der Waals surface area (Å²) in [5.41, 5.74) is 1.97. The largest absolute Gasteiger partial charge is 0.495 e. The number of carbonyl (C=O) groups excluding carboxylic acids is 1. The van der Waals surface area contributed by atoms with Crippen molar-refractivity contribution in [3.05, 3.63) is 28.3 Å². The minimum absolute atomic E-state index is 0.158. The topological polar surface area (TPSA) is 50.4 Å². The van der Waals surface area contributed by atoms with Crippen molar-refractivity contribution < 1.29 is 9.53 Å². The lowest BCUT2D eigenvalue weighted by molar-refractivity contribution is 0.232. The second-order valence-corrected chi connectivity index (χ2v) is 6.20. The first kappa shape index (κ1) is 16.6. The van der Waals surface area contributed by atoms with Gasteiger partial charge in [0.2, 0.25) is 0 Å². The molecular weight excluding hydrogens is 276 g/mol. The van der Waals surface area contributed by atoms with Crippen LogP contribution < -0.4 is 15.4 Å². The van der Waals surface area contributed by atoms with Gasteiger partial charge in [-0.25, -0.2) is 4.79 Å². The smallest absolute Gasteiger partial charge is 0.315 e. The van der Waals surface area contributed by atoms with E-state index in [2.05, 4.69) is 10.6 Å². The average Bonchev–Trinajstić information content (AvgIpc) is 2.30. The van der Waals surface area contributed by atoms with E-state index in [4.69, 9.17) is 16.3 Å². The summed E-state index contributed by atoms with van der Waals surface area (Å²) in [4.78, 5) is 11.6. The number of rotatable bonds is 4. The van der Waals surface area contributed by atoms with Gasteiger partial charge in [-0.3, -0.25) is 0 Å². The third-order valence-electron chi connectivity index (χ3n) is 2.78. The van der Waals surface area contributed by atoms with Crippen LogP contribution in [0.3, 0.4) is 0 Å². The van der Waals surface area contributed by atoms with E-state index in [1.165, 1.54) is 0 Å². The molecule has 0 bridgehead atoms. The predicted octanol–water partition coefficient (Wildman–Crippen LogP) is 3.30. The lowest BCUT2D eigenvalue weighted by atomic mass is 10.1. The normalized spacial score (nSPS) is 11.1. The number of amides is 2. The molecular formula is C15H23ClN2O2. The third kappa shape index (κ3) is 5.29. The minimum atomic E-state index is -0.233. The summed E-state index contributed by atoms with van der Waals surface area (Å²) in [5, 5.41) is 6.28. The van der Waals surface area contributed by atoms with Crippen molar-refractivity contribution in [2.75, 3.05) is 13.7 Å². The van der Waals surface area contributed by atoms with Crippen LogP contribution in [0, 0.1) is 6.92 Å². The summed E-state index contributed by atoms with van der Waals surface area (Å²) < 4.78 is 5.17. The van der Waals surface area contributed by atoms with Gasteiger partial charge in [0.05, 0.1) is 12.1 Å². The van der Waals surface area contributed by atoms with Gasteiger partial charge in [-0.2, -0.15) is 0 Å². The quantitative estimate of drug-likeness (QED) is 0.896. The van der Waals surface area contributed by atoms with Crippen LogP contribution in [0.25, 0.3) is 0 Å². The Morgan fingerprint density at radius 1 is 1.35 bits per heavy atom. The van der Waals surface area contributed by atoms with Crippen LogP contribution in [0.1, 0.15) is 31.9 Å². The number of benzene rings is 1. The Bertz CT molecular complexity index is 481. The van der Waals surface area contributed by atoms with Gasteiger partial charge in [-0.05, 0) is 57.4 Å². The van der Waals surface area contributed by atoms with E-state index >= 15 is 0 Å². The zero-order valence-corrected chi connectivity index (χ0v) is 13.5. The number of ether oxygens (including phenoxy) is 1. The van der Waals surface area contributed by atoms with Gasteiger partial charge in [-0.1, -0.05) is 11.6 Å². The number of urea groups is 1. The molecule has 0 atom stereocenters. The highest BCUT2D eigenvalue weighted by atomic mass is 35.5. The Kier molecular flexibility index (Phi) is 5.69. The van der Waals surface area contributed by atoms with Crippen molar-refractivity contribution in [2.24, 2.45) is 0 Å². The highest BCUT2D eigenvalue weighted by Crippen LogP contribution is 2.27. The Morgan fingerprint density at radius 2 is 2.00 bits per heavy atom. The molecule has 2 amide bonds. The van der Waals surface area contributed by atoms with E-state index in [1.54, 1.807) is 7.11 Å². The monoisotopic (exact) mass is 298 g/mol. The zero-order valence-electron chi connectivity index (χ0n) is 12.8. The van der Waals surface area contributed by atoms with Crippen LogP contribution >= 0.6 is 11.6 Å². The van der Waals surface area contributed by atoms with Gasteiger partial charge in [0, 0.05) is 12.1 Å². The van der Waals surface area contributed by atoms with Gasteiger partial charge in [-0.15, -0.1) is 0 Å². The average molecular weight is 299 g/mol. The van der Waals surface area contributed by atoms with Crippen LogP contribution in [-0.2, 0) is 6.42 Å². The third-order valence-corrected chi connectivity index (χ3v) is 3.07. The summed E-state index contributed by atoms with van der Waals surface area (Å²) in [6, 6.07) is 3.64. The van der Waals surface area contributed by atoms with Crippen LogP contribution in [0.5, 0.6) is 5.75 Å². The van der Waals surface area contributed by atoms with Crippen LogP contribution in [0.4, 0.5) is 4.79 Å². The maximum atomic E-state index is 11.6. The second-order valence-electron chi connectivity index (χ2n) is 5.79. The van der Waals surface area contributed by atoms with Crippen LogP contribution in [0.15, 0.2) is 12.1 Å². The van der Waals surface area contributed by atoms with Gasteiger partial charge in [0.15, 0.2) is 0 Å². The van der Waals surface area contributed by atoms with E-state index in [0.717, 1.165) is 17.5 Å². The molecule has 2 N–H and O–H groups in total. The summed E-state index contributed by atoms with van der Waals surface area (Å²) >= 11 is 6.11. The second kappa shape index (κ2) is 6.84. The number of nitrogens with one attached hydrogen (secondary N) is 2. The van der Waals surface area contributed by atoms with Crippen LogP contribution in [0.2, 0.25) is 5.02 Å². The van der Waals surface area contributed by atoms with Gasteiger partial charge in [0.1, 0.15) is 5.75 Å². The Balaban J connectivity index is 2.54. The molecule has 5 heteroatoms. The molecule has 112 valence electrons. The highest BCUT2D eigenvalue weighted by molar-refractivity contribution is 6.32. The molecule has 0 unspecified atom stereocenters. The molecule has 0 heterocycles.